The molecule has 0 spiro atoms. The molecule has 0 atom stereocenters. The third kappa shape index (κ3) is 2.71. The van der Waals surface area contributed by atoms with Crippen LogP contribution in [0, 0.1) is 0 Å². The Balaban J connectivity index is 2.33. The fraction of sp³-hybridized carbons (Fsp3) is 0.0714. The van der Waals surface area contributed by atoms with E-state index in [-0.39, 0.29) is 5.75 Å². The van der Waals surface area contributed by atoms with E-state index in [1.807, 2.05) is 30.3 Å². The van der Waals surface area contributed by atoms with Gasteiger partial charge in [0.15, 0.2) is 0 Å². The molecule has 0 radical (unpaired) electrons. The van der Waals surface area contributed by atoms with Crippen LogP contribution in [0.15, 0.2) is 58.2 Å². The molecular formula is C14H12BrNO2. The van der Waals surface area contributed by atoms with Crippen molar-refractivity contribution in [3.63, 3.8) is 0 Å². The zero-order valence-corrected chi connectivity index (χ0v) is 11.1. The smallest absolute Gasteiger partial charge is 0.138 e. The van der Waals surface area contributed by atoms with Crippen molar-refractivity contribution in [2.75, 3.05) is 0 Å². The molecule has 0 aliphatic rings. The summed E-state index contributed by atoms with van der Waals surface area (Å²) in [4.78, 5) is 0. The molecule has 0 aliphatic heterocycles. The van der Waals surface area contributed by atoms with Crippen LogP contribution in [0.25, 0.3) is 0 Å². The summed E-state index contributed by atoms with van der Waals surface area (Å²) in [6.45, 7) is 0. The predicted molar refractivity (Wildman–Crippen MR) is 74.3 cm³/mol. The molecule has 0 saturated carbocycles. The van der Waals surface area contributed by atoms with Gasteiger partial charge in [-0.05, 0) is 33.6 Å². The highest BCUT2D eigenvalue weighted by Gasteiger charge is 2.12. The van der Waals surface area contributed by atoms with Gasteiger partial charge in [-0.15, -0.1) is 0 Å². The number of aromatic hydroxyl groups is 1. The summed E-state index contributed by atoms with van der Waals surface area (Å²) in [7, 11) is 0. The molecular weight excluding hydrogens is 294 g/mol. The largest absolute Gasteiger partial charge is 0.506 e. The number of benzene rings is 2. The number of hydrogen-bond acceptors (Lipinski definition) is 3. The Kier molecular flexibility index (Phi) is 3.99. The molecule has 2 aromatic carbocycles. The van der Waals surface area contributed by atoms with E-state index in [0.29, 0.717) is 22.2 Å². The number of oxime groups is 1. The molecule has 2 aromatic rings. The number of hydrogen-bond donors (Lipinski definition) is 2. The SMILES string of the molecule is ON=C(Cc1ccccc1)c1cccc(Br)c1O. The van der Waals surface area contributed by atoms with Gasteiger partial charge in [-0.25, -0.2) is 0 Å². The van der Waals surface area contributed by atoms with E-state index in [4.69, 9.17) is 5.21 Å². The van der Waals surface area contributed by atoms with E-state index < -0.39 is 0 Å². The molecule has 0 saturated heterocycles. The molecule has 0 unspecified atom stereocenters. The first kappa shape index (κ1) is 12.6. The molecule has 0 aliphatic carbocycles. The Morgan fingerprint density at radius 2 is 1.78 bits per heavy atom. The van der Waals surface area contributed by atoms with E-state index in [9.17, 15) is 5.11 Å². The van der Waals surface area contributed by atoms with Gasteiger partial charge in [-0.1, -0.05) is 41.6 Å². The molecule has 0 bridgehead atoms. The molecule has 2 rings (SSSR count). The molecule has 0 aromatic heterocycles. The minimum Gasteiger partial charge on any atom is -0.506 e. The maximum Gasteiger partial charge on any atom is 0.138 e. The zero-order valence-electron chi connectivity index (χ0n) is 9.55. The molecule has 18 heavy (non-hydrogen) atoms. The molecule has 4 heteroatoms. The van der Waals surface area contributed by atoms with E-state index in [1.54, 1.807) is 18.2 Å². The summed E-state index contributed by atoms with van der Waals surface area (Å²) in [5.41, 5.74) is 1.97. The monoisotopic (exact) mass is 305 g/mol. The Morgan fingerprint density at radius 1 is 1.06 bits per heavy atom. The van der Waals surface area contributed by atoms with E-state index in [1.165, 1.54) is 0 Å². The zero-order chi connectivity index (χ0) is 13.0. The lowest BCUT2D eigenvalue weighted by Crippen LogP contribution is -2.06. The van der Waals surface area contributed by atoms with Crippen molar-refractivity contribution in [3.05, 3.63) is 64.1 Å². The number of phenols is 1. The lowest BCUT2D eigenvalue weighted by atomic mass is 10.0. The number of halogens is 1. The summed E-state index contributed by atoms with van der Waals surface area (Å²) < 4.78 is 0.578. The maximum atomic E-state index is 9.94. The number of nitrogens with zero attached hydrogens (tertiary/aromatic N) is 1. The highest BCUT2D eigenvalue weighted by Crippen LogP contribution is 2.28. The van der Waals surface area contributed by atoms with Gasteiger partial charge in [0.2, 0.25) is 0 Å². The van der Waals surface area contributed by atoms with Crippen LogP contribution in [-0.4, -0.2) is 16.0 Å². The highest BCUT2D eigenvalue weighted by atomic mass is 79.9. The average molecular weight is 306 g/mol. The van der Waals surface area contributed by atoms with Crippen LogP contribution in [0.3, 0.4) is 0 Å². The van der Waals surface area contributed by atoms with Crippen molar-refractivity contribution < 1.29 is 10.3 Å². The van der Waals surface area contributed by atoms with Crippen LogP contribution < -0.4 is 0 Å². The summed E-state index contributed by atoms with van der Waals surface area (Å²) in [6, 6.07) is 14.9. The molecule has 2 N–H and O–H groups in total. The summed E-state index contributed by atoms with van der Waals surface area (Å²) in [5.74, 6) is 0.0845. The number of para-hydroxylation sites is 1. The Labute approximate surface area is 114 Å². The fourth-order valence-corrected chi connectivity index (χ4v) is 2.09. The Bertz CT molecular complexity index is 567. The minimum absolute atomic E-state index is 0.0845. The second-order valence-corrected chi connectivity index (χ2v) is 4.70. The maximum absolute atomic E-state index is 9.94. The minimum atomic E-state index is 0.0845. The van der Waals surface area contributed by atoms with Crippen molar-refractivity contribution in [1.29, 1.82) is 0 Å². The van der Waals surface area contributed by atoms with E-state index >= 15 is 0 Å². The van der Waals surface area contributed by atoms with Gasteiger partial charge in [0.05, 0.1) is 10.2 Å². The third-order valence-corrected chi connectivity index (χ3v) is 3.27. The van der Waals surface area contributed by atoms with Gasteiger partial charge in [0, 0.05) is 12.0 Å². The standard InChI is InChI=1S/C14H12BrNO2/c15-12-8-4-7-11(14(12)17)13(16-18)9-10-5-2-1-3-6-10/h1-8,17-18H,9H2. The van der Waals surface area contributed by atoms with Gasteiger partial charge in [0.25, 0.3) is 0 Å². The molecule has 3 nitrogen and oxygen atoms in total. The van der Waals surface area contributed by atoms with Crippen LogP contribution in [0.4, 0.5) is 0 Å². The molecule has 0 heterocycles. The van der Waals surface area contributed by atoms with Crippen LogP contribution in [0.2, 0.25) is 0 Å². The molecule has 0 fully saturated rings. The predicted octanol–water partition coefficient (Wildman–Crippen LogP) is 3.58. The molecule has 0 amide bonds. The first-order valence-corrected chi connectivity index (χ1v) is 6.24. The Morgan fingerprint density at radius 3 is 2.44 bits per heavy atom. The number of rotatable bonds is 3. The lowest BCUT2D eigenvalue weighted by molar-refractivity contribution is 0.318. The Hall–Kier alpha value is -1.81. The van der Waals surface area contributed by atoms with Crippen molar-refractivity contribution >= 4 is 21.6 Å². The summed E-state index contributed by atoms with van der Waals surface area (Å²) >= 11 is 3.24. The molecule has 92 valence electrons. The fourth-order valence-electron chi connectivity index (χ4n) is 1.72. The first-order valence-electron chi connectivity index (χ1n) is 5.45. The van der Waals surface area contributed by atoms with Crippen LogP contribution in [0.1, 0.15) is 11.1 Å². The first-order chi connectivity index (χ1) is 8.72. The van der Waals surface area contributed by atoms with Crippen molar-refractivity contribution in [1.82, 2.24) is 0 Å². The van der Waals surface area contributed by atoms with Gasteiger partial charge >= 0.3 is 0 Å². The second-order valence-electron chi connectivity index (χ2n) is 3.85. The normalized spacial score (nSPS) is 11.5. The quantitative estimate of drug-likeness (QED) is 0.517. The van der Waals surface area contributed by atoms with Crippen molar-refractivity contribution in [3.8, 4) is 5.75 Å². The highest BCUT2D eigenvalue weighted by molar-refractivity contribution is 9.10. The van der Waals surface area contributed by atoms with Gasteiger partial charge in [0.1, 0.15) is 5.75 Å². The van der Waals surface area contributed by atoms with Gasteiger partial charge in [-0.3, -0.25) is 0 Å². The topological polar surface area (TPSA) is 52.8 Å². The van der Waals surface area contributed by atoms with Crippen molar-refractivity contribution in [2.24, 2.45) is 5.16 Å². The van der Waals surface area contributed by atoms with E-state index in [2.05, 4.69) is 21.1 Å². The van der Waals surface area contributed by atoms with Gasteiger partial charge < -0.3 is 10.3 Å². The average Bonchev–Trinajstić information content (AvgIpc) is 2.41. The lowest BCUT2D eigenvalue weighted by Gasteiger charge is -2.08. The van der Waals surface area contributed by atoms with Crippen LogP contribution in [0.5, 0.6) is 5.75 Å². The second kappa shape index (κ2) is 5.69. The summed E-state index contributed by atoms with van der Waals surface area (Å²) in [6.07, 6.45) is 0.460. The van der Waals surface area contributed by atoms with Crippen LogP contribution >= 0.6 is 15.9 Å². The van der Waals surface area contributed by atoms with E-state index in [0.717, 1.165) is 5.56 Å². The summed E-state index contributed by atoms with van der Waals surface area (Å²) in [5, 5.41) is 22.3. The number of phenolic OH excluding ortho intramolecular Hbond substituents is 1. The van der Waals surface area contributed by atoms with Crippen molar-refractivity contribution in [2.45, 2.75) is 6.42 Å². The van der Waals surface area contributed by atoms with Gasteiger partial charge in [-0.2, -0.15) is 0 Å². The van der Waals surface area contributed by atoms with Crippen LogP contribution in [-0.2, 0) is 6.42 Å². The third-order valence-electron chi connectivity index (χ3n) is 2.63.